The molecule has 0 aliphatic carbocycles. The lowest BCUT2D eigenvalue weighted by Gasteiger charge is -2.37. The second-order valence-electron chi connectivity index (χ2n) is 5.76. The first-order chi connectivity index (χ1) is 10.7. The van der Waals surface area contributed by atoms with Crippen molar-refractivity contribution in [2.24, 2.45) is 0 Å². The van der Waals surface area contributed by atoms with Crippen LogP contribution in [0.5, 0.6) is 0 Å². The number of hydrogen-bond donors (Lipinski definition) is 1. The molecule has 22 heavy (non-hydrogen) atoms. The number of piperazine rings is 1. The Labute approximate surface area is 133 Å². The van der Waals surface area contributed by atoms with Crippen LogP contribution in [0.15, 0.2) is 30.3 Å². The molecule has 1 aromatic carbocycles. The molecule has 1 heterocycles. The number of hydrogen-bond acceptors (Lipinski definition) is 4. The molecule has 1 fully saturated rings. The summed E-state index contributed by atoms with van der Waals surface area (Å²) in [5.41, 5.74) is 1.35. The van der Waals surface area contributed by atoms with E-state index in [1.807, 2.05) is 13.0 Å². The fourth-order valence-electron chi connectivity index (χ4n) is 2.74. The standard InChI is InChI=1S/C17H27N3O2/c1-15(17(21)18-8-13-22-2)20-11-9-19(10-12-20)14-16-6-4-3-5-7-16/h3-7,15H,8-14H2,1-2H3,(H,18,21)/t15-/m1/s1. The first-order valence-electron chi connectivity index (χ1n) is 7.97. The van der Waals surface area contributed by atoms with Crippen LogP contribution in [-0.2, 0) is 16.1 Å². The maximum atomic E-state index is 12.1. The van der Waals surface area contributed by atoms with Crippen molar-refractivity contribution >= 4 is 5.91 Å². The lowest BCUT2D eigenvalue weighted by Crippen LogP contribution is -2.53. The second kappa shape index (κ2) is 8.88. The zero-order valence-electron chi connectivity index (χ0n) is 13.6. The summed E-state index contributed by atoms with van der Waals surface area (Å²) >= 11 is 0. The highest BCUT2D eigenvalue weighted by molar-refractivity contribution is 5.81. The van der Waals surface area contributed by atoms with Crippen LogP contribution in [0.2, 0.25) is 0 Å². The molecule has 1 amide bonds. The highest BCUT2D eigenvalue weighted by atomic mass is 16.5. The van der Waals surface area contributed by atoms with Gasteiger partial charge in [-0.25, -0.2) is 0 Å². The van der Waals surface area contributed by atoms with E-state index in [0.29, 0.717) is 13.2 Å². The van der Waals surface area contributed by atoms with Crippen LogP contribution in [-0.4, -0.2) is 68.2 Å². The minimum Gasteiger partial charge on any atom is -0.383 e. The normalized spacial score (nSPS) is 18.1. The lowest BCUT2D eigenvalue weighted by atomic mass is 10.1. The van der Waals surface area contributed by atoms with Crippen molar-refractivity contribution in [2.45, 2.75) is 19.5 Å². The highest BCUT2D eigenvalue weighted by Gasteiger charge is 2.25. The Balaban J connectivity index is 1.73. The topological polar surface area (TPSA) is 44.8 Å². The maximum absolute atomic E-state index is 12.1. The molecule has 1 aromatic rings. The Bertz CT molecular complexity index is 444. The molecule has 0 saturated carbocycles. The summed E-state index contributed by atoms with van der Waals surface area (Å²) in [5, 5.41) is 2.91. The Morgan fingerprint density at radius 1 is 1.23 bits per heavy atom. The van der Waals surface area contributed by atoms with E-state index in [1.165, 1.54) is 5.56 Å². The molecule has 122 valence electrons. The number of ether oxygens (including phenoxy) is 1. The third kappa shape index (κ3) is 5.09. The van der Waals surface area contributed by atoms with Crippen LogP contribution >= 0.6 is 0 Å². The van der Waals surface area contributed by atoms with Crippen molar-refractivity contribution in [1.82, 2.24) is 15.1 Å². The van der Waals surface area contributed by atoms with E-state index in [4.69, 9.17) is 4.74 Å². The Hall–Kier alpha value is -1.43. The van der Waals surface area contributed by atoms with Gasteiger partial charge in [0.15, 0.2) is 0 Å². The summed E-state index contributed by atoms with van der Waals surface area (Å²) in [5.74, 6) is 0.0913. The SMILES string of the molecule is COCCNC(=O)[C@@H](C)N1CCN(Cc2ccccc2)CC1. The summed E-state index contributed by atoms with van der Waals surface area (Å²) in [6.07, 6.45) is 0. The summed E-state index contributed by atoms with van der Waals surface area (Å²) < 4.78 is 4.95. The highest BCUT2D eigenvalue weighted by Crippen LogP contribution is 2.10. The number of benzene rings is 1. The molecule has 5 nitrogen and oxygen atoms in total. The van der Waals surface area contributed by atoms with Crippen LogP contribution < -0.4 is 5.32 Å². The van der Waals surface area contributed by atoms with Gasteiger partial charge in [0.25, 0.3) is 0 Å². The third-order valence-electron chi connectivity index (χ3n) is 4.19. The van der Waals surface area contributed by atoms with Crippen LogP contribution in [0.25, 0.3) is 0 Å². The molecule has 0 aromatic heterocycles. The van der Waals surface area contributed by atoms with E-state index in [9.17, 15) is 4.79 Å². The first kappa shape index (κ1) is 16.9. The van der Waals surface area contributed by atoms with E-state index < -0.39 is 0 Å². The molecular formula is C17H27N3O2. The average Bonchev–Trinajstić information content (AvgIpc) is 2.56. The van der Waals surface area contributed by atoms with Gasteiger partial charge < -0.3 is 10.1 Å². The minimum atomic E-state index is -0.0734. The number of carbonyl (C=O) groups excluding carboxylic acids is 1. The van der Waals surface area contributed by atoms with Gasteiger partial charge in [-0.1, -0.05) is 30.3 Å². The van der Waals surface area contributed by atoms with Crippen molar-refractivity contribution in [3.8, 4) is 0 Å². The van der Waals surface area contributed by atoms with E-state index in [-0.39, 0.29) is 11.9 Å². The van der Waals surface area contributed by atoms with Gasteiger partial charge in [0.05, 0.1) is 12.6 Å². The zero-order chi connectivity index (χ0) is 15.8. The molecule has 1 atom stereocenters. The summed E-state index contributed by atoms with van der Waals surface area (Å²) in [6, 6.07) is 10.5. The Morgan fingerprint density at radius 2 is 1.91 bits per heavy atom. The molecular weight excluding hydrogens is 278 g/mol. The first-order valence-corrected chi connectivity index (χ1v) is 7.97. The van der Waals surface area contributed by atoms with Gasteiger partial charge in [0.1, 0.15) is 0 Å². The van der Waals surface area contributed by atoms with Gasteiger partial charge in [-0.05, 0) is 12.5 Å². The second-order valence-corrected chi connectivity index (χ2v) is 5.76. The zero-order valence-corrected chi connectivity index (χ0v) is 13.6. The molecule has 1 aliphatic rings. The molecule has 5 heteroatoms. The number of methoxy groups -OCH3 is 1. The van der Waals surface area contributed by atoms with E-state index >= 15 is 0 Å². The predicted octanol–water partition coefficient (Wildman–Crippen LogP) is 0.955. The lowest BCUT2D eigenvalue weighted by molar-refractivity contribution is -0.126. The number of rotatable bonds is 7. The van der Waals surface area contributed by atoms with Gasteiger partial charge >= 0.3 is 0 Å². The van der Waals surface area contributed by atoms with Crippen molar-refractivity contribution in [1.29, 1.82) is 0 Å². The fourth-order valence-corrected chi connectivity index (χ4v) is 2.74. The van der Waals surface area contributed by atoms with Crippen molar-refractivity contribution in [3.05, 3.63) is 35.9 Å². The maximum Gasteiger partial charge on any atom is 0.237 e. The van der Waals surface area contributed by atoms with Crippen molar-refractivity contribution in [3.63, 3.8) is 0 Å². The van der Waals surface area contributed by atoms with Gasteiger partial charge in [0.2, 0.25) is 5.91 Å². The predicted molar refractivity (Wildman–Crippen MR) is 87.6 cm³/mol. The molecule has 1 saturated heterocycles. The van der Waals surface area contributed by atoms with Gasteiger partial charge in [0, 0.05) is 46.4 Å². The molecule has 0 radical (unpaired) electrons. The molecule has 0 spiro atoms. The van der Waals surface area contributed by atoms with E-state index in [0.717, 1.165) is 32.7 Å². The van der Waals surface area contributed by atoms with Crippen LogP contribution in [0.4, 0.5) is 0 Å². The summed E-state index contributed by atoms with van der Waals surface area (Å²) in [6.45, 7) is 7.99. The monoisotopic (exact) mass is 305 g/mol. The number of nitrogens with one attached hydrogen (secondary N) is 1. The molecule has 0 bridgehead atoms. The molecule has 0 unspecified atom stereocenters. The Kier molecular flexibility index (Phi) is 6.83. The third-order valence-corrected chi connectivity index (χ3v) is 4.19. The van der Waals surface area contributed by atoms with Gasteiger partial charge in [-0.15, -0.1) is 0 Å². The van der Waals surface area contributed by atoms with E-state index in [2.05, 4.69) is 39.4 Å². The van der Waals surface area contributed by atoms with E-state index in [1.54, 1.807) is 7.11 Å². The van der Waals surface area contributed by atoms with Gasteiger partial charge in [-0.3, -0.25) is 14.6 Å². The largest absolute Gasteiger partial charge is 0.383 e. The number of amides is 1. The smallest absolute Gasteiger partial charge is 0.237 e. The van der Waals surface area contributed by atoms with Crippen LogP contribution in [0, 0.1) is 0 Å². The van der Waals surface area contributed by atoms with Gasteiger partial charge in [-0.2, -0.15) is 0 Å². The van der Waals surface area contributed by atoms with Crippen molar-refractivity contribution in [2.75, 3.05) is 46.4 Å². The average molecular weight is 305 g/mol. The Morgan fingerprint density at radius 3 is 2.55 bits per heavy atom. The van der Waals surface area contributed by atoms with Crippen LogP contribution in [0.1, 0.15) is 12.5 Å². The van der Waals surface area contributed by atoms with Crippen LogP contribution in [0.3, 0.4) is 0 Å². The fraction of sp³-hybridized carbons (Fsp3) is 0.588. The van der Waals surface area contributed by atoms with Crippen molar-refractivity contribution < 1.29 is 9.53 Å². The molecule has 1 aliphatic heterocycles. The minimum absolute atomic E-state index is 0.0734. The summed E-state index contributed by atoms with van der Waals surface area (Å²) in [4.78, 5) is 16.8. The quantitative estimate of drug-likeness (QED) is 0.762. The number of carbonyl (C=O) groups is 1. The number of nitrogens with zero attached hydrogens (tertiary/aromatic N) is 2. The molecule has 2 rings (SSSR count). The summed E-state index contributed by atoms with van der Waals surface area (Å²) in [7, 11) is 1.64. The molecule has 1 N–H and O–H groups in total.